The molecule has 7 heteroatoms. The Balaban J connectivity index is 0.000000199. The van der Waals surface area contributed by atoms with Crippen LogP contribution in [0.5, 0.6) is 0 Å². The van der Waals surface area contributed by atoms with Crippen LogP contribution >= 0.6 is 0 Å². The number of hydrogen-bond donors (Lipinski definition) is 3. The summed E-state index contributed by atoms with van der Waals surface area (Å²) in [5.74, 6) is 0. The monoisotopic (exact) mass is 385 g/mol. The van der Waals surface area contributed by atoms with E-state index in [9.17, 15) is 13.0 Å². The lowest BCUT2D eigenvalue weighted by Crippen LogP contribution is -2.80. The maximum atomic E-state index is 10.5. The Bertz CT molecular complexity index is 907. The lowest BCUT2D eigenvalue weighted by Gasteiger charge is -2.09. The molecule has 3 rings (SSSR count). The third-order valence-electron chi connectivity index (χ3n) is 3.75. The molecule has 142 valence electrons. The van der Waals surface area contributed by atoms with Gasteiger partial charge < -0.3 is 21.3 Å². The van der Waals surface area contributed by atoms with Crippen LogP contribution in [0, 0.1) is 0 Å². The number of nitrogens with two attached hydrogens (primary N) is 3. The second-order valence-corrected chi connectivity index (χ2v) is 7.27. The van der Waals surface area contributed by atoms with E-state index in [4.69, 9.17) is 11.5 Å². The first-order chi connectivity index (χ1) is 12.9. The number of anilines is 2. The molecule has 27 heavy (non-hydrogen) atoms. The van der Waals surface area contributed by atoms with Gasteiger partial charge in [-0.05, 0) is 18.2 Å². The molecule has 3 aromatic rings. The zero-order chi connectivity index (χ0) is 19.7. The quantitative estimate of drug-likeness (QED) is 0.455. The van der Waals surface area contributed by atoms with Gasteiger partial charge in [-0.25, -0.2) is 8.42 Å². The Labute approximate surface area is 159 Å². The largest absolute Gasteiger partial charge is 0.744 e. The van der Waals surface area contributed by atoms with Crippen molar-refractivity contribution in [2.24, 2.45) is 0 Å². The van der Waals surface area contributed by atoms with Crippen molar-refractivity contribution in [2.75, 3.05) is 11.5 Å². The minimum Gasteiger partial charge on any atom is -0.744 e. The van der Waals surface area contributed by atoms with Crippen molar-refractivity contribution in [3.63, 3.8) is 0 Å². The van der Waals surface area contributed by atoms with Crippen LogP contribution in [0.3, 0.4) is 0 Å². The highest BCUT2D eigenvalue weighted by molar-refractivity contribution is 7.86. The average molecular weight is 385 g/mol. The molecule has 0 unspecified atom stereocenters. The summed E-state index contributed by atoms with van der Waals surface area (Å²) in [6.07, 6.45) is 0. The second kappa shape index (κ2) is 9.72. The topological polar surface area (TPSA) is 126 Å². The molecule has 0 bridgehead atoms. The van der Waals surface area contributed by atoms with E-state index in [0.29, 0.717) is 5.69 Å². The van der Waals surface area contributed by atoms with E-state index in [-0.39, 0.29) is 5.69 Å². The SMILES string of the molecule is Nc1ccc(S(=O)(=O)[O-])c(N)c1.c1ccc(C[NH2+]Cc2ccccc2)cc1. The van der Waals surface area contributed by atoms with Gasteiger partial charge in [0.05, 0.1) is 10.6 Å². The zero-order valence-corrected chi connectivity index (χ0v) is 15.6. The molecule has 0 spiro atoms. The Hall–Kier alpha value is -2.87. The maximum absolute atomic E-state index is 10.5. The van der Waals surface area contributed by atoms with Crippen molar-refractivity contribution in [1.29, 1.82) is 0 Å². The van der Waals surface area contributed by atoms with Crippen molar-refractivity contribution in [2.45, 2.75) is 18.0 Å². The second-order valence-electron chi connectivity index (χ2n) is 5.92. The van der Waals surface area contributed by atoms with E-state index in [1.807, 2.05) is 0 Å². The lowest BCUT2D eigenvalue weighted by molar-refractivity contribution is -0.686. The fourth-order valence-electron chi connectivity index (χ4n) is 2.43. The Morgan fingerprint density at radius 1 is 0.778 bits per heavy atom. The summed E-state index contributed by atoms with van der Waals surface area (Å²) >= 11 is 0. The van der Waals surface area contributed by atoms with Crippen molar-refractivity contribution in [3.8, 4) is 0 Å². The average Bonchev–Trinajstić information content (AvgIpc) is 2.63. The molecule has 6 N–H and O–H groups in total. The predicted molar refractivity (Wildman–Crippen MR) is 105 cm³/mol. The standard InChI is InChI=1S/C14H15N.C6H8N2O3S/c1-3-7-13(8-4-1)11-15-12-14-9-5-2-6-10-14;7-4-1-2-6(5(8)3-4)12(9,10)11/h1-10,15H,11-12H2;1-3H,7-8H2,(H,9,10,11). The zero-order valence-electron chi connectivity index (χ0n) is 14.8. The van der Waals surface area contributed by atoms with Gasteiger partial charge in [-0.15, -0.1) is 0 Å². The highest BCUT2D eigenvalue weighted by Crippen LogP contribution is 2.19. The van der Waals surface area contributed by atoms with Crippen molar-refractivity contribution in [1.82, 2.24) is 0 Å². The fourth-order valence-corrected chi connectivity index (χ4v) is 3.01. The van der Waals surface area contributed by atoms with Crippen LogP contribution in [0.25, 0.3) is 0 Å². The number of hydrogen-bond acceptors (Lipinski definition) is 5. The van der Waals surface area contributed by atoms with E-state index < -0.39 is 15.0 Å². The van der Waals surface area contributed by atoms with Crippen LogP contribution in [0.1, 0.15) is 11.1 Å². The molecule has 6 nitrogen and oxygen atoms in total. The summed E-state index contributed by atoms with van der Waals surface area (Å²) in [7, 11) is -4.48. The highest BCUT2D eigenvalue weighted by Gasteiger charge is 2.05. The third-order valence-corrected chi connectivity index (χ3v) is 4.66. The molecular weight excluding hydrogens is 362 g/mol. The molecule has 0 aliphatic rings. The molecule has 0 heterocycles. The van der Waals surface area contributed by atoms with Crippen LogP contribution in [0.4, 0.5) is 11.4 Å². The summed E-state index contributed by atoms with van der Waals surface area (Å²) < 4.78 is 31.5. The Kier molecular flexibility index (Phi) is 7.36. The van der Waals surface area contributed by atoms with Gasteiger partial charge >= 0.3 is 0 Å². The molecule has 0 amide bonds. The molecule has 0 saturated carbocycles. The van der Waals surface area contributed by atoms with Gasteiger partial charge in [-0.2, -0.15) is 0 Å². The first kappa shape index (κ1) is 20.4. The minimum absolute atomic E-state index is 0.120. The van der Waals surface area contributed by atoms with Crippen LogP contribution < -0.4 is 16.8 Å². The molecule has 0 aliphatic carbocycles. The fraction of sp³-hybridized carbons (Fsp3) is 0.100. The molecule has 3 aromatic carbocycles. The van der Waals surface area contributed by atoms with Gasteiger partial charge in [-0.3, -0.25) is 0 Å². The smallest absolute Gasteiger partial charge is 0.126 e. The summed E-state index contributed by atoms with van der Waals surface area (Å²) in [5, 5.41) is 2.32. The normalized spacial score (nSPS) is 10.7. The van der Waals surface area contributed by atoms with Crippen molar-refractivity contribution < 1.29 is 18.3 Å². The Morgan fingerprint density at radius 2 is 1.26 bits per heavy atom. The molecule has 0 fully saturated rings. The van der Waals surface area contributed by atoms with E-state index in [1.54, 1.807) is 0 Å². The lowest BCUT2D eigenvalue weighted by atomic mass is 10.2. The summed E-state index contributed by atoms with van der Waals surface area (Å²) in [6, 6.07) is 24.8. The van der Waals surface area contributed by atoms with Crippen LogP contribution in [0.2, 0.25) is 0 Å². The molecule has 0 radical (unpaired) electrons. The van der Waals surface area contributed by atoms with Crippen molar-refractivity contribution in [3.05, 3.63) is 90.0 Å². The molecule has 0 aliphatic heterocycles. The van der Waals surface area contributed by atoms with Gasteiger partial charge in [0.25, 0.3) is 0 Å². The number of benzene rings is 3. The summed E-state index contributed by atoms with van der Waals surface area (Å²) in [4.78, 5) is -0.434. The predicted octanol–water partition coefficient (Wildman–Crippen LogP) is 1.71. The number of nitrogen functional groups attached to an aromatic ring is 2. The van der Waals surface area contributed by atoms with E-state index in [0.717, 1.165) is 19.2 Å². The molecule has 0 atom stereocenters. The number of quaternary nitrogens is 1. The van der Waals surface area contributed by atoms with Crippen LogP contribution in [-0.2, 0) is 23.2 Å². The first-order valence-corrected chi connectivity index (χ1v) is 9.77. The van der Waals surface area contributed by atoms with E-state index >= 15 is 0 Å². The van der Waals surface area contributed by atoms with Gasteiger partial charge in [-0.1, -0.05) is 60.7 Å². The minimum atomic E-state index is -4.48. The third kappa shape index (κ3) is 7.10. The summed E-state index contributed by atoms with van der Waals surface area (Å²) in [5.41, 5.74) is 13.5. The summed E-state index contributed by atoms with van der Waals surface area (Å²) in [6.45, 7) is 2.10. The molecule has 0 aromatic heterocycles. The van der Waals surface area contributed by atoms with Crippen LogP contribution in [0.15, 0.2) is 83.8 Å². The van der Waals surface area contributed by atoms with Crippen molar-refractivity contribution >= 4 is 21.5 Å². The highest BCUT2D eigenvalue weighted by atomic mass is 32.2. The molecule has 0 saturated heterocycles. The maximum Gasteiger partial charge on any atom is 0.126 e. The Morgan fingerprint density at radius 3 is 1.67 bits per heavy atom. The van der Waals surface area contributed by atoms with Gasteiger partial charge in [0.1, 0.15) is 23.2 Å². The molecular formula is C20H23N3O3S. The van der Waals surface area contributed by atoms with E-state index in [1.165, 1.54) is 23.3 Å². The van der Waals surface area contributed by atoms with Gasteiger partial charge in [0, 0.05) is 16.8 Å². The van der Waals surface area contributed by atoms with Crippen LogP contribution in [-0.4, -0.2) is 13.0 Å². The number of rotatable bonds is 5. The van der Waals surface area contributed by atoms with E-state index in [2.05, 4.69) is 66.0 Å². The first-order valence-electron chi connectivity index (χ1n) is 8.36. The van der Waals surface area contributed by atoms with Gasteiger partial charge in [0.15, 0.2) is 0 Å². The van der Waals surface area contributed by atoms with Gasteiger partial charge in [0.2, 0.25) is 0 Å².